The maximum absolute atomic E-state index is 2.39. The van der Waals surface area contributed by atoms with E-state index in [4.69, 9.17) is 0 Å². The van der Waals surface area contributed by atoms with E-state index in [2.05, 4.69) is 34.6 Å². The monoisotopic (exact) mass is 170 g/mol. The third-order valence-electron chi connectivity index (χ3n) is 2.72. The molecule has 0 aliphatic heterocycles. The maximum atomic E-state index is 2.39. The normalized spacial score (nSPS) is 16.5. The van der Waals surface area contributed by atoms with Gasteiger partial charge in [0.1, 0.15) is 0 Å². The predicted molar refractivity (Wildman–Crippen MR) is 57.3 cm³/mol. The van der Waals surface area contributed by atoms with Gasteiger partial charge in [0, 0.05) is 0 Å². The minimum absolute atomic E-state index is 0.872. The highest BCUT2D eigenvalue weighted by Crippen LogP contribution is 2.20. The number of hydrogen-bond donors (Lipinski definition) is 0. The molecule has 0 heteroatoms. The summed E-state index contributed by atoms with van der Waals surface area (Å²) in [6.07, 6.45) is 5.59. The Hall–Kier alpha value is 0. The van der Waals surface area contributed by atoms with Crippen molar-refractivity contribution in [2.45, 2.75) is 60.3 Å². The summed E-state index contributed by atoms with van der Waals surface area (Å²) in [4.78, 5) is 0. The minimum atomic E-state index is 0.872. The molecule has 0 bridgehead atoms. The van der Waals surface area contributed by atoms with Gasteiger partial charge in [-0.05, 0) is 24.2 Å². The van der Waals surface area contributed by atoms with E-state index in [0.717, 1.165) is 17.8 Å². The smallest absolute Gasteiger partial charge is 0.0440 e. The first kappa shape index (κ1) is 12.0. The van der Waals surface area contributed by atoms with Gasteiger partial charge in [-0.25, -0.2) is 0 Å². The molecule has 0 N–H and O–H groups in total. The molecule has 0 aromatic heterocycles. The highest BCUT2D eigenvalue weighted by molar-refractivity contribution is 4.59. The van der Waals surface area contributed by atoms with Crippen LogP contribution in [0.1, 0.15) is 60.3 Å². The molecule has 0 saturated carbocycles. The summed E-state index contributed by atoms with van der Waals surface area (Å²) >= 11 is 0. The Labute approximate surface area is 78.8 Å². The molecular weight excluding hydrogens is 144 g/mol. The average molecular weight is 170 g/mol. The van der Waals surface area contributed by atoms with E-state index in [1.54, 1.807) is 0 Å². The zero-order valence-corrected chi connectivity index (χ0v) is 9.56. The summed E-state index contributed by atoms with van der Waals surface area (Å²) in [5, 5.41) is 0. The maximum Gasteiger partial charge on any atom is -0.0440 e. The number of hydrogen-bond acceptors (Lipinski definition) is 0. The van der Waals surface area contributed by atoms with Crippen LogP contribution in [0.3, 0.4) is 0 Å². The van der Waals surface area contributed by atoms with Gasteiger partial charge in [0.15, 0.2) is 0 Å². The molecule has 74 valence electrons. The fourth-order valence-corrected chi connectivity index (χ4v) is 1.70. The molecule has 0 fully saturated rings. The second-order valence-electron chi connectivity index (χ2n) is 4.83. The molecular formula is C12H26. The second kappa shape index (κ2) is 6.51. The Kier molecular flexibility index (Phi) is 6.51. The summed E-state index contributed by atoms with van der Waals surface area (Å²) in [6.45, 7) is 11.7. The molecule has 0 spiro atoms. The molecule has 12 heavy (non-hydrogen) atoms. The minimum Gasteiger partial charge on any atom is -0.0651 e. The van der Waals surface area contributed by atoms with E-state index < -0.39 is 0 Å². The molecule has 0 amide bonds. The summed E-state index contributed by atoms with van der Waals surface area (Å²) in [7, 11) is 0. The summed E-state index contributed by atoms with van der Waals surface area (Å²) < 4.78 is 0. The predicted octanol–water partition coefficient (Wildman–Crippen LogP) is 4.49. The van der Waals surface area contributed by atoms with Gasteiger partial charge in [-0.3, -0.25) is 0 Å². The molecule has 0 aliphatic carbocycles. The van der Waals surface area contributed by atoms with E-state index in [1.807, 2.05) is 0 Å². The van der Waals surface area contributed by atoms with Crippen LogP contribution in [0, 0.1) is 17.8 Å². The van der Waals surface area contributed by atoms with Gasteiger partial charge in [0.05, 0.1) is 0 Å². The van der Waals surface area contributed by atoms with E-state index in [-0.39, 0.29) is 0 Å². The van der Waals surface area contributed by atoms with Gasteiger partial charge in [-0.1, -0.05) is 53.9 Å². The SMILES string of the molecule is CC[C@@H](C)CC[C@@H](C)CC(C)C. The van der Waals surface area contributed by atoms with E-state index in [9.17, 15) is 0 Å². The number of rotatable bonds is 6. The average Bonchev–Trinajstić information content (AvgIpc) is 1.99. The quantitative estimate of drug-likeness (QED) is 0.551. The largest absolute Gasteiger partial charge is 0.0651 e. The third-order valence-corrected chi connectivity index (χ3v) is 2.72. The lowest BCUT2D eigenvalue weighted by atomic mass is 9.91. The van der Waals surface area contributed by atoms with Crippen molar-refractivity contribution in [2.24, 2.45) is 17.8 Å². The van der Waals surface area contributed by atoms with Crippen molar-refractivity contribution in [3.8, 4) is 0 Å². The highest BCUT2D eigenvalue weighted by Gasteiger charge is 2.06. The standard InChI is InChI=1S/C12H26/c1-6-11(4)7-8-12(5)9-10(2)3/h10-12H,6-9H2,1-5H3/t11-,12-/m1/s1. The van der Waals surface area contributed by atoms with Crippen LogP contribution in [0.2, 0.25) is 0 Å². The van der Waals surface area contributed by atoms with Crippen LogP contribution in [0.4, 0.5) is 0 Å². The van der Waals surface area contributed by atoms with Gasteiger partial charge in [0.2, 0.25) is 0 Å². The Balaban J connectivity index is 3.36. The van der Waals surface area contributed by atoms with Crippen molar-refractivity contribution in [1.29, 1.82) is 0 Å². The van der Waals surface area contributed by atoms with Crippen LogP contribution in [-0.2, 0) is 0 Å². The van der Waals surface area contributed by atoms with Crippen LogP contribution in [0.25, 0.3) is 0 Å². The van der Waals surface area contributed by atoms with Crippen LogP contribution in [-0.4, -0.2) is 0 Å². The molecule has 0 aromatic rings. The van der Waals surface area contributed by atoms with Crippen molar-refractivity contribution in [3.05, 3.63) is 0 Å². The zero-order valence-electron chi connectivity index (χ0n) is 9.56. The van der Waals surface area contributed by atoms with Gasteiger partial charge >= 0.3 is 0 Å². The Morgan fingerprint density at radius 2 is 1.33 bits per heavy atom. The van der Waals surface area contributed by atoms with Crippen LogP contribution >= 0.6 is 0 Å². The molecule has 0 nitrogen and oxygen atoms in total. The highest BCUT2D eigenvalue weighted by atomic mass is 14.1. The van der Waals surface area contributed by atoms with Gasteiger partial charge < -0.3 is 0 Å². The molecule has 0 heterocycles. The van der Waals surface area contributed by atoms with Crippen LogP contribution in [0.15, 0.2) is 0 Å². The summed E-state index contributed by atoms with van der Waals surface area (Å²) in [5.41, 5.74) is 0. The second-order valence-corrected chi connectivity index (χ2v) is 4.83. The molecule has 0 radical (unpaired) electrons. The lowest BCUT2D eigenvalue weighted by Crippen LogP contribution is -2.02. The first-order chi connectivity index (χ1) is 5.56. The topological polar surface area (TPSA) is 0 Å². The van der Waals surface area contributed by atoms with Gasteiger partial charge in [-0.15, -0.1) is 0 Å². The molecule has 0 unspecified atom stereocenters. The Morgan fingerprint density at radius 1 is 0.833 bits per heavy atom. The summed E-state index contributed by atoms with van der Waals surface area (Å²) in [6, 6.07) is 0. The van der Waals surface area contributed by atoms with Crippen LogP contribution < -0.4 is 0 Å². The Morgan fingerprint density at radius 3 is 1.75 bits per heavy atom. The van der Waals surface area contributed by atoms with Crippen molar-refractivity contribution in [1.82, 2.24) is 0 Å². The van der Waals surface area contributed by atoms with Crippen molar-refractivity contribution < 1.29 is 0 Å². The van der Waals surface area contributed by atoms with E-state index in [1.165, 1.54) is 25.7 Å². The van der Waals surface area contributed by atoms with Gasteiger partial charge in [-0.2, -0.15) is 0 Å². The van der Waals surface area contributed by atoms with Crippen LogP contribution in [0.5, 0.6) is 0 Å². The van der Waals surface area contributed by atoms with Gasteiger partial charge in [0.25, 0.3) is 0 Å². The van der Waals surface area contributed by atoms with E-state index >= 15 is 0 Å². The first-order valence-electron chi connectivity index (χ1n) is 5.56. The molecule has 0 aliphatic rings. The van der Waals surface area contributed by atoms with Crippen molar-refractivity contribution >= 4 is 0 Å². The fraction of sp³-hybridized carbons (Fsp3) is 1.00. The molecule has 2 atom stereocenters. The lowest BCUT2D eigenvalue weighted by Gasteiger charge is -2.15. The molecule has 0 saturated heterocycles. The summed E-state index contributed by atoms with van der Waals surface area (Å²) in [5.74, 6) is 2.73. The fourth-order valence-electron chi connectivity index (χ4n) is 1.70. The Bertz CT molecular complexity index is 94.2. The van der Waals surface area contributed by atoms with Crippen molar-refractivity contribution in [3.63, 3.8) is 0 Å². The first-order valence-corrected chi connectivity index (χ1v) is 5.56. The van der Waals surface area contributed by atoms with Crippen molar-refractivity contribution in [2.75, 3.05) is 0 Å². The third kappa shape index (κ3) is 6.69. The zero-order chi connectivity index (χ0) is 9.56. The van der Waals surface area contributed by atoms with E-state index in [0.29, 0.717) is 0 Å². The molecule has 0 rings (SSSR count). The lowest BCUT2D eigenvalue weighted by molar-refractivity contribution is 0.368. The molecule has 0 aromatic carbocycles.